The van der Waals surface area contributed by atoms with Gasteiger partial charge in [0, 0.05) is 0 Å². The van der Waals surface area contributed by atoms with E-state index in [4.69, 9.17) is 0 Å². The topological polar surface area (TPSA) is 17.1 Å². The lowest BCUT2D eigenvalue weighted by Gasteiger charge is -2.00. The normalized spacial score (nSPS) is 10.8. The molecule has 0 rings (SSSR count). The average Bonchev–Trinajstić information content (AvgIpc) is 2.31. The van der Waals surface area contributed by atoms with Crippen LogP contribution in [0.2, 0.25) is 0 Å². The van der Waals surface area contributed by atoms with E-state index in [1.807, 2.05) is 12.2 Å². The van der Waals surface area contributed by atoms with E-state index in [9.17, 15) is 4.79 Å². The van der Waals surface area contributed by atoms with Gasteiger partial charge in [0.1, 0.15) is 6.29 Å². The van der Waals surface area contributed by atoms with E-state index < -0.39 is 0 Å². The van der Waals surface area contributed by atoms with Crippen molar-refractivity contribution in [2.45, 2.75) is 64.2 Å². The number of carbonyl (C=O) groups excluding carboxylic acids is 1. The maximum absolute atomic E-state index is 9.99. The second kappa shape index (κ2) is 14.2. The lowest BCUT2D eigenvalue weighted by molar-refractivity contribution is -0.104. The molecule has 0 saturated carbocycles. The quantitative estimate of drug-likeness (QED) is 0.200. The molecule has 1 heteroatoms. The van der Waals surface area contributed by atoms with Crippen molar-refractivity contribution in [3.8, 4) is 0 Å². The van der Waals surface area contributed by atoms with Crippen LogP contribution in [0, 0.1) is 0 Å². The SMILES string of the molecule is C=CCCCCCCCCCCC=CC=O. The van der Waals surface area contributed by atoms with Gasteiger partial charge in [-0.05, 0) is 31.8 Å². The van der Waals surface area contributed by atoms with E-state index >= 15 is 0 Å². The molecule has 0 bridgehead atoms. The number of allylic oxidation sites excluding steroid dienone is 3. The van der Waals surface area contributed by atoms with Gasteiger partial charge >= 0.3 is 0 Å². The number of aldehydes is 1. The minimum Gasteiger partial charge on any atom is -0.299 e. The molecule has 0 radical (unpaired) electrons. The maximum atomic E-state index is 9.99. The molecule has 0 spiro atoms. The lowest BCUT2D eigenvalue weighted by Crippen LogP contribution is -1.81. The van der Waals surface area contributed by atoms with Crippen molar-refractivity contribution in [2.75, 3.05) is 0 Å². The molecule has 0 unspecified atom stereocenters. The third kappa shape index (κ3) is 13.2. The van der Waals surface area contributed by atoms with Gasteiger partial charge in [-0.25, -0.2) is 0 Å². The van der Waals surface area contributed by atoms with Crippen LogP contribution in [0.1, 0.15) is 64.2 Å². The first-order chi connectivity index (χ1) is 7.91. The van der Waals surface area contributed by atoms with Crippen molar-refractivity contribution in [2.24, 2.45) is 0 Å². The van der Waals surface area contributed by atoms with Crippen LogP contribution in [0.4, 0.5) is 0 Å². The molecule has 0 aromatic heterocycles. The Labute approximate surface area is 101 Å². The zero-order chi connectivity index (χ0) is 11.9. The summed E-state index contributed by atoms with van der Waals surface area (Å²) in [6.07, 6.45) is 19.3. The molecule has 0 aromatic rings. The summed E-state index contributed by atoms with van der Waals surface area (Å²) >= 11 is 0. The molecule has 0 heterocycles. The Morgan fingerprint density at radius 2 is 1.25 bits per heavy atom. The largest absolute Gasteiger partial charge is 0.299 e. The standard InChI is InChI=1S/C15H26O/c1-2-3-4-5-6-7-8-9-10-11-12-13-14-15-16/h2,13-15H,1,3-12H2. The number of rotatable bonds is 12. The average molecular weight is 222 g/mol. The van der Waals surface area contributed by atoms with E-state index in [0.717, 1.165) is 12.7 Å². The molecule has 0 aliphatic rings. The molecule has 0 saturated heterocycles. The summed E-state index contributed by atoms with van der Waals surface area (Å²) < 4.78 is 0. The van der Waals surface area contributed by atoms with E-state index in [1.165, 1.54) is 57.8 Å². The number of hydrogen-bond acceptors (Lipinski definition) is 1. The Morgan fingerprint density at radius 1 is 0.750 bits per heavy atom. The summed E-state index contributed by atoms with van der Waals surface area (Å²) in [5.41, 5.74) is 0. The Balaban J connectivity index is 2.95. The molecular weight excluding hydrogens is 196 g/mol. The maximum Gasteiger partial charge on any atom is 0.142 e. The van der Waals surface area contributed by atoms with Crippen LogP contribution in [0.5, 0.6) is 0 Å². The van der Waals surface area contributed by atoms with Crippen molar-refractivity contribution < 1.29 is 4.79 Å². The summed E-state index contributed by atoms with van der Waals surface area (Å²) in [7, 11) is 0. The fourth-order valence-corrected chi connectivity index (χ4v) is 1.76. The summed E-state index contributed by atoms with van der Waals surface area (Å²) in [6.45, 7) is 3.72. The third-order valence-electron chi connectivity index (χ3n) is 2.74. The van der Waals surface area contributed by atoms with Crippen molar-refractivity contribution in [1.82, 2.24) is 0 Å². The van der Waals surface area contributed by atoms with Gasteiger partial charge in [0.25, 0.3) is 0 Å². The number of carbonyl (C=O) groups is 1. The Bertz CT molecular complexity index is 182. The lowest BCUT2D eigenvalue weighted by atomic mass is 10.1. The van der Waals surface area contributed by atoms with Crippen LogP contribution in [0.3, 0.4) is 0 Å². The van der Waals surface area contributed by atoms with Gasteiger partial charge in [-0.2, -0.15) is 0 Å². The van der Waals surface area contributed by atoms with Crippen LogP contribution in [0.25, 0.3) is 0 Å². The van der Waals surface area contributed by atoms with Crippen LogP contribution in [-0.4, -0.2) is 6.29 Å². The Kier molecular flexibility index (Phi) is 13.4. The van der Waals surface area contributed by atoms with Crippen LogP contribution in [0.15, 0.2) is 24.8 Å². The first-order valence-electron chi connectivity index (χ1n) is 6.63. The number of unbranched alkanes of at least 4 members (excludes halogenated alkanes) is 9. The highest BCUT2D eigenvalue weighted by molar-refractivity contribution is 5.64. The van der Waals surface area contributed by atoms with Gasteiger partial charge in [-0.3, -0.25) is 4.79 Å². The highest BCUT2D eigenvalue weighted by Gasteiger charge is 1.91. The molecule has 0 aromatic carbocycles. The molecule has 16 heavy (non-hydrogen) atoms. The van der Waals surface area contributed by atoms with Gasteiger partial charge in [0.05, 0.1) is 0 Å². The third-order valence-corrected chi connectivity index (χ3v) is 2.74. The number of hydrogen-bond donors (Lipinski definition) is 0. The molecular formula is C15H26O. The molecule has 0 atom stereocenters. The summed E-state index contributed by atoms with van der Waals surface area (Å²) in [5, 5.41) is 0. The molecule has 0 N–H and O–H groups in total. The van der Waals surface area contributed by atoms with Crippen molar-refractivity contribution in [1.29, 1.82) is 0 Å². The minimum atomic E-state index is 0.850. The van der Waals surface area contributed by atoms with Gasteiger partial charge in [0.15, 0.2) is 0 Å². The van der Waals surface area contributed by atoms with Gasteiger partial charge in [-0.1, -0.05) is 50.7 Å². The molecule has 0 aliphatic carbocycles. The highest BCUT2D eigenvalue weighted by Crippen LogP contribution is 2.10. The van der Waals surface area contributed by atoms with Crippen molar-refractivity contribution in [3.63, 3.8) is 0 Å². The summed E-state index contributed by atoms with van der Waals surface area (Å²) in [4.78, 5) is 9.99. The minimum absolute atomic E-state index is 0.850. The Hall–Kier alpha value is -0.850. The van der Waals surface area contributed by atoms with E-state index in [-0.39, 0.29) is 0 Å². The molecule has 92 valence electrons. The van der Waals surface area contributed by atoms with E-state index in [1.54, 1.807) is 6.08 Å². The van der Waals surface area contributed by atoms with Gasteiger partial charge in [0.2, 0.25) is 0 Å². The second-order valence-electron chi connectivity index (χ2n) is 4.26. The monoisotopic (exact) mass is 222 g/mol. The van der Waals surface area contributed by atoms with E-state index in [0.29, 0.717) is 0 Å². The van der Waals surface area contributed by atoms with Crippen LogP contribution in [-0.2, 0) is 4.79 Å². The molecule has 0 fully saturated rings. The molecule has 0 amide bonds. The fourth-order valence-electron chi connectivity index (χ4n) is 1.76. The van der Waals surface area contributed by atoms with Crippen molar-refractivity contribution in [3.05, 3.63) is 24.8 Å². The first-order valence-corrected chi connectivity index (χ1v) is 6.63. The van der Waals surface area contributed by atoms with Crippen LogP contribution < -0.4 is 0 Å². The molecule has 0 aliphatic heterocycles. The van der Waals surface area contributed by atoms with Crippen molar-refractivity contribution >= 4 is 6.29 Å². The zero-order valence-corrected chi connectivity index (χ0v) is 10.5. The second-order valence-corrected chi connectivity index (χ2v) is 4.26. The fraction of sp³-hybridized carbons (Fsp3) is 0.667. The van der Waals surface area contributed by atoms with Gasteiger partial charge < -0.3 is 0 Å². The highest BCUT2D eigenvalue weighted by atomic mass is 16.1. The zero-order valence-electron chi connectivity index (χ0n) is 10.5. The predicted molar refractivity (Wildman–Crippen MR) is 71.6 cm³/mol. The molecule has 1 nitrogen and oxygen atoms in total. The van der Waals surface area contributed by atoms with Crippen LogP contribution >= 0.6 is 0 Å². The van der Waals surface area contributed by atoms with E-state index in [2.05, 4.69) is 6.58 Å². The summed E-state index contributed by atoms with van der Waals surface area (Å²) in [5.74, 6) is 0. The smallest absolute Gasteiger partial charge is 0.142 e. The first kappa shape index (κ1) is 15.2. The Morgan fingerprint density at radius 3 is 1.75 bits per heavy atom. The summed E-state index contributed by atoms with van der Waals surface area (Å²) in [6, 6.07) is 0. The van der Waals surface area contributed by atoms with Gasteiger partial charge in [-0.15, -0.1) is 6.58 Å². The predicted octanol–water partition coefficient (Wildman–Crippen LogP) is 4.83.